The highest BCUT2D eigenvalue weighted by Gasteiger charge is 2.01. The Kier molecular flexibility index (Phi) is 5.67. The van der Waals surface area contributed by atoms with Gasteiger partial charge in [0, 0.05) is 23.8 Å². The number of anilines is 2. The van der Waals surface area contributed by atoms with E-state index in [-0.39, 0.29) is 0 Å². The van der Waals surface area contributed by atoms with Gasteiger partial charge in [-0.25, -0.2) is 0 Å². The van der Waals surface area contributed by atoms with Crippen LogP contribution < -0.4 is 10.6 Å². The summed E-state index contributed by atoms with van der Waals surface area (Å²) >= 11 is 23.8. The molecule has 2 nitrogen and oxygen atoms in total. The number of rotatable bonds is 5. The molecule has 20 heavy (non-hydrogen) atoms. The van der Waals surface area contributed by atoms with E-state index in [1.807, 2.05) is 6.07 Å². The second-order valence-corrected chi connectivity index (χ2v) is 5.76. The third-order valence-corrected chi connectivity index (χ3v) is 3.92. The molecule has 0 unspecified atom stereocenters. The average Bonchev–Trinajstić information content (AvgIpc) is 2.42. The van der Waals surface area contributed by atoms with Crippen molar-refractivity contribution in [1.29, 1.82) is 0 Å². The van der Waals surface area contributed by atoms with E-state index in [1.54, 1.807) is 30.3 Å². The molecule has 0 fully saturated rings. The lowest BCUT2D eigenvalue weighted by molar-refractivity contribution is 1.08. The van der Waals surface area contributed by atoms with Crippen LogP contribution in [0.5, 0.6) is 0 Å². The minimum atomic E-state index is 0.530. The van der Waals surface area contributed by atoms with Crippen molar-refractivity contribution in [1.82, 2.24) is 0 Å². The Balaban J connectivity index is 1.84. The first-order valence-corrected chi connectivity index (χ1v) is 7.45. The molecule has 0 aliphatic heterocycles. The van der Waals surface area contributed by atoms with Crippen LogP contribution in [0.4, 0.5) is 11.4 Å². The molecular formula is C14H12Cl4N2. The van der Waals surface area contributed by atoms with E-state index in [0.29, 0.717) is 33.2 Å². The number of nitrogens with one attached hydrogen (secondary N) is 2. The molecule has 6 heteroatoms. The summed E-state index contributed by atoms with van der Waals surface area (Å²) in [7, 11) is 0. The quantitative estimate of drug-likeness (QED) is 0.664. The van der Waals surface area contributed by atoms with Gasteiger partial charge >= 0.3 is 0 Å². The van der Waals surface area contributed by atoms with Crippen LogP contribution in [0.2, 0.25) is 20.1 Å². The maximum Gasteiger partial charge on any atom is 0.0638 e. The van der Waals surface area contributed by atoms with Crippen molar-refractivity contribution >= 4 is 57.8 Å². The zero-order valence-corrected chi connectivity index (χ0v) is 13.4. The van der Waals surface area contributed by atoms with Crippen LogP contribution in [0, 0.1) is 0 Å². The Bertz CT molecular complexity index is 602. The largest absolute Gasteiger partial charge is 0.383 e. The summed E-state index contributed by atoms with van der Waals surface area (Å²) in [4.78, 5) is 0. The van der Waals surface area contributed by atoms with Crippen molar-refractivity contribution in [3.05, 3.63) is 56.5 Å². The molecule has 0 radical (unpaired) electrons. The van der Waals surface area contributed by atoms with E-state index in [9.17, 15) is 0 Å². The summed E-state index contributed by atoms with van der Waals surface area (Å²) < 4.78 is 0. The minimum absolute atomic E-state index is 0.530. The molecule has 0 heterocycles. The molecular weight excluding hydrogens is 338 g/mol. The SMILES string of the molecule is Clc1ccc(Cl)c(NCCNc2ccc(Cl)c(Cl)c2)c1. The average molecular weight is 350 g/mol. The highest BCUT2D eigenvalue weighted by Crippen LogP contribution is 2.26. The van der Waals surface area contributed by atoms with Crippen molar-refractivity contribution < 1.29 is 0 Å². The fourth-order valence-electron chi connectivity index (χ4n) is 1.64. The predicted molar refractivity (Wildman–Crippen MR) is 89.9 cm³/mol. The fraction of sp³-hybridized carbons (Fsp3) is 0.143. The first-order chi connectivity index (χ1) is 9.56. The number of hydrogen-bond acceptors (Lipinski definition) is 2. The molecule has 0 aromatic heterocycles. The lowest BCUT2D eigenvalue weighted by Crippen LogP contribution is -2.13. The molecule has 0 aliphatic carbocycles. The van der Waals surface area contributed by atoms with Gasteiger partial charge in [-0.15, -0.1) is 0 Å². The zero-order valence-electron chi connectivity index (χ0n) is 10.4. The van der Waals surface area contributed by atoms with E-state index < -0.39 is 0 Å². The van der Waals surface area contributed by atoms with Crippen LogP contribution in [0.25, 0.3) is 0 Å². The standard InChI is InChI=1S/C14H12Cl4N2/c15-9-1-3-12(17)14(7-9)20-6-5-19-10-2-4-11(16)13(18)8-10/h1-4,7-8,19-20H,5-6H2. The zero-order chi connectivity index (χ0) is 14.5. The highest BCUT2D eigenvalue weighted by atomic mass is 35.5. The number of halogens is 4. The Labute approximate surface area is 138 Å². The molecule has 0 spiro atoms. The number of hydrogen-bond donors (Lipinski definition) is 2. The van der Waals surface area contributed by atoms with E-state index in [1.165, 1.54) is 0 Å². The van der Waals surface area contributed by atoms with Crippen LogP contribution in [-0.2, 0) is 0 Å². The van der Waals surface area contributed by atoms with Gasteiger partial charge in [0.1, 0.15) is 0 Å². The summed E-state index contributed by atoms with van der Waals surface area (Å²) in [6, 6.07) is 10.7. The topological polar surface area (TPSA) is 24.1 Å². The second kappa shape index (κ2) is 7.28. The van der Waals surface area contributed by atoms with Gasteiger partial charge in [-0.2, -0.15) is 0 Å². The third kappa shape index (κ3) is 4.35. The van der Waals surface area contributed by atoms with Crippen LogP contribution in [0.15, 0.2) is 36.4 Å². The van der Waals surface area contributed by atoms with Crippen LogP contribution in [-0.4, -0.2) is 13.1 Å². The summed E-state index contributed by atoms with van der Waals surface area (Å²) in [5.74, 6) is 0. The Morgan fingerprint density at radius 3 is 2.15 bits per heavy atom. The first kappa shape index (κ1) is 15.6. The van der Waals surface area contributed by atoms with Gasteiger partial charge in [-0.05, 0) is 36.4 Å². The molecule has 0 amide bonds. The summed E-state index contributed by atoms with van der Waals surface area (Å²) in [6.45, 7) is 1.40. The Morgan fingerprint density at radius 2 is 1.40 bits per heavy atom. The van der Waals surface area contributed by atoms with E-state index in [4.69, 9.17) is 46.4 Å². The minimum Gasteiger partial charge on any atom is -0.383 e. The molecule has 0 saturated heterocycles. The molecule has 2 rings (SSSR count). The van der Waals surface area contributed by atoms with Crippen LogP contribution in [0.3, 0.4) is 0 Å². The monoisotopic (exact) mass is 348 g/mol. The van der Waals surface area contributed by atoms with Crippen molar-refractivity contribution in [2.24, 2.45) is 0 Å². The normalized spacial score (nSPS) is 10.4. The lowest BCUT2D eigenvalue weighted by Gasteiger charge is -2.11. The van der Waals surface area contributed by atoms with Crippen molar-refractivity contribution in [3.63, 3.8) is 0 Å². The molecule has 0 bridgehead atoms. The third-order valence-electron chi connectivity index (χ3n) is 2.62. The van der Waals surface area contributed by atoms with Gasteiger partial charge in [-0.1, -0.05) is 46.4 Å². The van der Waals surface area contributed by atoms with Crippen LogP contribution >= 0.6 is 46.4 Å². The van der Waals surface area contributed by atoms with Gasteiger partial charge in [0.2, 0.25) is 0 Å². The molecule has 0 saturated carbocycles. The highest BCUT2D eigenvalue weighted by molar-refractivity contribution is 6.42. The summed E-state index contributed by atoms with van der Waals surface area (Å²) in [6.07, 6.45) is 0. The first-order valence-electron chi connectivity index (χ1n) is 5.94. The van der Waals surface area contributed by atoms with Crippen molar-refractivity contribution in [2.75, 3.05) is 23.7 Å². The fourth-order valence-corrected chi connectivity index (χ4v) is 2.30. The molecule has 0 aliphatic rings. The van der Waals surface area contributed by atoms with Crippen molar-refractivity contribution in [3.8, 4) is 0 Å². The molecule has 2 N–H and O–H groups in total. The maximum atomic E-state index is 6.06. The maximum absolute atomic E-state index is 6.06. The van der Waals surface area contributed by atoms with Gasteiger partial charge in [0.15, 0.2) is 0 Å². The summed E-state index contributed by atoms with van der Waals surface area (Å²) in [5, 5.41) is 8.81. The molecule has 0 atom stereocenters. The van der Waals surface area contributed by atoms with E-state index >= 15 is 0 Å². The second-order valence-electron chi connectivity index (χ2n) is 4.11. The molecule has 2 aromatic carbocycles. The molecule has 106 valence electrons. The van der Waals surface area contributed by atoms with E-state index in [0.717, 1.165) is 11.4 Å². The smallest absolute Gasteiger partial charge is 0.0638 e. The Morgan fingerprint density at radius 1 is 0.700 bits per heavy atom. The predicted octanol–water partition coefficient (Wildman–Crippen LogP) is 5.82. The lowest BCUT2D eigenvalue weighted by atomic mass is 10.3. The van der Waals surface area contributed by atoms with Gasteiger partial charge in [0.25, 0.3) is 0 Å². The van der Waals surface area contributed by atoms with Crippen molar-refractivity contribution in [2.45, 2.75) is 0 Å². The van der Waals surface area contributed by atoms with E-state index in [2.05, 4.69) is 10.6 Å². The van der Waals surface area contributed by atoms with Gasteiger partial charge < -0.3 is 10.6 Å². The number of benzene rings is 2. The van der Waals surface area contributed by atoms with Gasteiger partial charge in [-0.3, -0.25) is 0 Å². The summed E-state index contributed by atoms with van der Waals surface area (Å²) in [5.41, 5.74) is 1.73. The Hall–Kier alpha value is -0.800. The van der Waals surface area contributed by atoms with Gasteiger partial charge in [0.05, 0.1) is 20.8 Å². The van der Waals surface area contributed by atoms with Crippen LogP contribution in [0.1, 0.15) is 0 Å². The molecule has 2 aromatic rings.